The molecule has 0 N–H and O–H groups in total. The van der Waals surface area contributed by atoms with Crippen molar-refractivity contribution < 1.29 is 60.2 Å². The number of aromatic nitrogens is 9. The number of imidazole rings is 2. The number of thiophene rings is 2. The van der Waals surface area contributed by atoms with Crippen molar-refractivity contribution in [2.45, 2.75) is 0 Å². The zero-order chi connectivity index (χ0) is 75.9. The van der Waals surface area contributed by atoms with E-state index in [9.17, 15) is 0 Å². The predicted octanol–water partition coefficient (Wildman–Crippen LogP) is 24.1. The number of fused-ring (bicyclic) bond motifs is 12. The molecular weight excluding hydrogens is 1630 g/mol. The molecule has 0 bridgehead atoms. The van der Waals surface area contributed by atoms with Gasteiger partial charge in [0, 0.05) is 81.4 Å². The number of pyridine rings is 3. The van der Waals surface area contributed by atoms with Crippen LogP contribution in [-0.4, -0.2) is 45.1 Å². The Kier molecular flexibility index (Phi) is 20.3. The minimum atomic E-state index is 0. The van der Waals surface area contributed by atoms with Crippen LogP contribution in [0.25, 0.3) is 148 Å². The number of benzene rings is 11. The van der Waals surface area contributed by atoms with Crippen molar-refractivity contribution in [1.82, 2.24) is 38.0 Å². The molecule has 23 rings (SSSR count). The summed E-state index contributed by atoms with van der Waals surface area (Å²) in [6.07, 6.45) is 9.44. The molecule has 0 saturated carbocycles. The molecule has 3 radical (unpaired) electrons. The van der Waals surface area contributed by atoms with Gasteiger partial charge in [-0.1, -0.05) is 142 Å². The van der Waals surface area contributed by atoms with Crippen molar-refractivity contribution in [1.29, 1.82) is 0 Å². The van der Waals surface area contributed by atoms with Crippen LogP contribution in [0, 0.1) is 42.6 Å². The summed E-state index contributed by atoms with van der Waals surface area (Å²) in [4.78, 5) is 28.2. The van der Waals surface area contributed by atoms with Crippen LogP contribution in [0.5, 0.6) is 0 Å². The summed E-state index contributed by atoms with van der Waals surface area (Å²) in [5.41, 5.74) is 25.1. The Morgan fingerprint density at radius 1 is 0.513 bits per heavy atom. The van der Waals surface area contributed by atoms with Gasteiger partial charge in [0.05, 0.1) is 65.0 Å². The van der Waals surface area contributed by atoms with Gasteiger partial charge in [-0.2, -0.15) is 34.8 Å². The van der Waals surface area contributed by atoms with Gasteiger partial charge in [0.1, 0.15) is 16.2 Å². The second-order valence-corrected chi connectivity index (χ2v) is 29.8. The van der Waals surface area contributed by atoms with E-state index in [1.807, 2.05) is 109 Å². The normalized spacial score (nSPS) is 11.6. The van der Waals surface area contributed by atoms with Gasteiger partial charge in [-0.05, 0) is 76.9 Å². The van der Waals surface area contributed by atoms with Crippen LogP contribution in [0.2, 0.25) is 0 Å². The van der Waals surface area contributed by atoms with E-state index in [-0.39, 0.29) is 51.2 Å². The fraction of sp³-hybridized carbons (Fsp3) is 0.0303. The van der Waals surface area contributed by atoms with Crippen LogP contribution in [0.3, 0.4) is 0 Å². The Morgan fingerprint density at radius 2 is 1.19 bits per heavy atom. The third-order valence-electron chi connectivity index (χ3n) is 21.1. The Labute approximate surface area is 714 Å². The summed E-state index contributed by atoms with van der Waals surface area (Å²) in [7, 11) is 6.24. The van der Waals surface area contributed by atoms with Crippen LogP contribution in [-0.2, 0) is 65.3 Å². The summed E-state index contributed by atoms with van der Waals surface area (Å²) < 4.78 is 18.0. The van der Waals surface area contributed by atoms with Gasteiger partial charge in [0.2, 0.25) is 5.78 Å². The van der Waals surface area contributed by atoms with Crippen LogP contribution in [0.1, 0.15) is 0 Å². The van der Waals surface area contributed by atoms with E-state index in [4.69, 9.17) is 24.4 Å². The summed E-state index contributed by atoms with van der Waals surface area (Å²) in [6, 6.07) is 124. The Balaban J connectivity index is 0.000000120. The smallest absolute Gasteiger partial charge is 0.473 e. The van der Waals surface area contributed by atoms with Crippen molar-refractivity contribution >= 4 is 149 Å². The van der Waals surface area contributed by atoms with E-state index in [0.717, 1.165) is 182 Å². The third kappa shape index (κ3) is 13.4. The molecule has 0 fully saturated rings. The first-order valence-corrected chi connectivity index (χ1v) is 39.1. The summed E-state index contributed by atoms with van der Waals surface area (Å²) in [5.74, 6) is 2.54. The van der Waals surface area contributed by atoms with E-state index >= 15 is 0 Å². The molecule has 1 aliphatic heterocycles. The summed E-state index contributed by atoms with van der Waals surface area (Å²) in [5, 5.41) is 7.71. The first-order valence-electron chi connectivity index (χ1n) is 37.4. The standard InChI is InChI=1S/C34H25N5O.C34H21N3S.C31H17N4S.3Cu/c1-36-17-16-25-26(20-37(2)34(25)36)23-12-9-13-24(18-23)39-29-15-8-7-14-28(29)38(3)30-19-31-32(35-33(30)39)27(21-40-31)22-10-5-4-6-11-22;1-3-11-24(12-4-1)30-18-10-20-33(36-30)37(26-14-5-2-6-15-26)34-23-28-27(16-9-19-32(28)38-34)31-22-21-25-13-7-8-17-29(25)35-31;1-2-9-21(10-3-1)25-20-36-30-29(25)32-31-34(27-15-6-7-16-28(27)35(30)31)24-13-8-12-23(19-24)33-18-17-22-11-4-5-14-26(22)33;;;/h4-10,12-17,19-21H,1-3H3;1-11,13-22H;1-9,11-17,20H;;;/q2*-2;-3;;;+2. The van der Waals surface area contributed by atoms with Crippen LogP contribution in [0.4, 0.5) is 45.1 Å². The Bertz CT molecular complexity index is 7410. The molecule has 0 unspecified atom stereocenters. The first-order chi connectivity index (χ1) is 56.3. The molecule has 22 aromatic rings. The van der Waals surface area contributed by atoms with E-state index < -0.39 is 0 Å². The molecule has 11 aromatic heterocycles. The number of aryl methyl sites for hydroxylation is 2. The number of furan rings is 1. The molecular formula is C99H63Cu3N12OS2-5. The van der Waals surface area contributed by atoms with E-state index in [1.54, 1.807) is 28.9 Å². The van der Waals surface area contributed by atoms with Gasteiger partial charge in [0.25, 0.3) is 0 Å². The second kappa shape index (κ2) is 31.6. The maximum Gasteiger partial charge on any atom is 2.00 e. The maximum atomic E-state index is 6.03. The number of hydrogen-bond acceptors (Lipinski definition) is 10. The largest absolute Gasteiger partial charge is 2.00 e. The zero-order valence-corrected chi connectivity index (χ0v) is 67.1. The van der Waals surface area contributed by atoms with Gasteiger partial charge in [0.15, 0.2) is 11.5 Å². The molecule has 18 heteroatoms. The number of para-hydroxylation sites is 7. The molecule has 13 nitrogen and oxygen atoms in total. The molecule has 11 aromatic carbocycles. The molecule has 0 spiro atoms. The minimum absolute atomic E-state index is 0. The van der Waals surface area contributed by atoms with Gasteiger partial charge in [-0.15, -0.1) is 197 Å². The van der Waals surface area contributed by atoms with E-state index in [0.29, 0.717) is 0 Å². The molecule has 0 saturated heterocycles. The molecule has 12 heterocycles. The van der Waals surface area contributed by atoms with Gasteiger partial charge < -0.3 is 32.5 Å². The van der Waals surface area contributed by atoms with Crippen LogP contribution < -0.4 is 19.3 Å². The number of nitrogens with zero attached hydrogens (tertiary/aromatic N) is 12. The quantitative estimate of drug-likeness (QED) is 0.0718. The van der Waals surface area contributed by atoms with Crippen molar-refractivity contribution in [3.05, 3.63) is 370 Å². The Hall–Kier alpha value is -13.1. The van der Waals surface area contributed by atoms with Crippen molar-refractivity contribution in [3.8, 4) is 67.3 Å². The fourth-order valence-electron chi connectivity index (χ4n) is 15.7. The van der Waals surface area contributed by atoms with Crippen molar-refractivity contribution in [2.24, 2.45) is 14.1 Å². The predicted molar refractivity (Wildman–Crippen MR) is 463 cm³/mol. The average Bonchev–Trinajstić information content (AvgIpc) is 1.59. The molecule has 0 amide bonds. The van der Waals surface area contributed by atoms with Gasteiger partial charge >= 0.3 is 17.1 Å². The summed E-state index contributed by atoms with van der Waals surface area (Å²) >= 11 is 3.42. The third-order valence-corrected chi connectivity index (χ3v) is 23.1. The average molecular weight is 1690 g/mol. The van der Waals surface area contributed by atoms with Crippen LogP contribution in [0.15, 0.2) is 332 Å². The van der Waals surface area contributed by atoms with Crippen LogP contribution >= 0.6 is 22.7 Å². The molecule has 117 heavy (non-hydrogen) atoms. The topological polar surface area (TPSA) is 97.5 Å². The monoisotopic (exact) mass is 1690 g/mol. The molecule has 0 aliphatic carbocycles. The van der Waals surface area contributed by atoms with Crippen molar-refractivity contribution in [2.75, 3.05) is 21.7 Å². The SMILES string of the molecule is CN1c2ccccc2N(c2[c-]c(-c3cn(C)c4c3[cH-]c[n+]4C)ccc2)c2nc3c(-c4[c-]cccc4)coc3cc21.[Cu+2].[Cu].[Cu].[c-]1ccccc1-c1cccc(N(c2ccccc2)c2[c-]c3c(-c4ccc5ccccc5n4)cccc3s2)n1.[c-]1ccccc1-c1csc2c1nc1n(-c3[c-]c(-n4[c-]cc5ccccc54)ccc3)c3ccccc3n21. The Morgan fingerprint density at radius 3 is 1.99 bits per heavy atom. The van der Waals surface area contributed by atoms with Gasteiger partial charge in [-0.3, -0.25) is 19.3 Å². The van der Waals surface area contributed by atoms with E-state index in [1.165, 1.54) is 11.0 Å². The number of hydrogen-bond donors (Lipinski definition) is 0. The molecule has 0 atom stereocenters. The van der Waals surface area contributed by atoms with Gasteiger partial charge in [-0.25, -0.2) is 21.3 Å². The summed E-state index contributed by atoms with van der Waals surface area (Å²) in [6.45, 7) is 0. The maximum absolute atomic E-state index is 6.03. The second-order valence-electron chi connectivity index (χ2n) is 27.9. The van der Waals surface area contributed by atoms with E-state index in [2.05, 4.69) is 313 Å². The minimum Gasteiger partial charge on any atom is -0.473 e. The number of rotatable bonds is 11. The van der Waals surface area contributed by atoms with Crippen molar-refractivity contribution in [3.63, 3.8) is 0 Å². The molecule has 1 aliphatic rings. The molecule has 575 valence electrons. The number of anilines is 8. The zero-order valence-electron chi connectivity index (χ0n) is 62.7. The fourth-order valence-corrected chi connectivity index (χ4v) is 17.8. The first kappa shape index (κ1) is 75.3.